The Kier molecular flexibility index (Phi) is 5.85. The van der Waals surface area contributed by atoms with Crippen molar-refractivity contribution in [2.45, 2.75) is 19.9 Å². The third-order valence-electron chi connectivity index (χ3n) is 4.33. The van der Waals surface area contributed by atoms with E-state index >= 15 is 0 Å². The molecule has 8 nitrogen and oxygen atoms in total. The van der Waals surface area contributed by atoms with Crippen molar-refractivity contribution < 1.29 is 19.1 Å². The Morgan fingerprint density at radius 2 is 2.15 bits per heavy atom. The first-order valence-corrected chi connectivity index (χ1v) is 8.78. The van der Waals surface area contributed by atoms with Gasteiger partial charge in [0.2, 0.25) is 11.8 Å². The largest absolute Gasteiger partial charge is 0.497 e. The van der Waals surface area contributed by atoms with E-state index < -0.39 is 0 Å². The molecular formula is C19H22N4O4. The zero-order valence-corrected chi connectivity index (χ0v) is 15.4. The van der Waals surface area contributed by atoms with Crippen molar-refractivity contribution in [3.8, 4) is 11.6 Å². The van der Waals surface area contributed by atoms with Crippen LogP contribution in [-0.4, -0.2) is 53.5 Å². The van der Waals surface area contributed by atoms with E-state index in [1.165, 1.54) is 13.4 Å². The maximum Gasteiger partial charge on any atom is 0.251 e. The molecule has 0 spiro atoms. The fourth-order valence-electron chi connectivity index (χ4n) is 2.92. The highest BCUT2D eigenvalue weighted by Crippen LogP contribution is 2.24. The minimum absolute atomic E-state index is 0.0803. The van der Waals surface area contributed by atoms with Crippen molar-refractivity contribution in [2.75, 3.05) is 26.8 Å². The smallest absolute Gasteiger partial charge is 0.251 e. The van der Waals surface area contributed by atoms with Crippen LogP contribution in [0.25, 0.3) is 0 Å². The van der Waals surface area contributed by atoms with E-state index in [1.807, 2.05) is 6.92 Å². The van der Waals surface area contributed by atoms with Crippen LogP contribution < -0.4 is 14.8 Å². The standard InChI is InChI=1S/C19H22N4O4/c1-3-27-19-15-11-23(8-7-16(15)21-12-22-19)17(24)10-20-18(25)13-5-4-6-14(9-13)26-2/h4-6,9,12H,3,7-8,10-11H2,1-2H3,(H,20,25). The molecule has 0 saturated carbocycles. The number of rotatable bonds is 6. The number of nitrogens with one attached hydrogen (secondary N) is 1. The molecule has 2 aromatic rings. The summed E-state index contributed by atoms with van der Waals surface area (Å²) >= 11 is 0. The molecule has 0 aliphatic carbocycles. The Morgan fingerprint density at radius 1 is 1.30 bits per heavy atom. The molecule has 0 saturated heterocycles. The summed E-state index contributed by atoms with van der Waals surface area (Å²) < 4.78 is 10.7. The Labute approximate surface area is 157 Å². The van der Waals surface area contributed by atoms with Crippen molar-refractivity contribution in [1.29, 1.82) is 0 Å². The molecule has 0 radical (unpaired) electrons. The predicted octanol–water partition coefficient (Wildman–Crippen LogP) is 1.20. The van der Waals surface area contributed by atoms with E-state index in [0.717, 1.165) is 11.3 Å². The van der Waals surface area contributed by atoms with Gasteiger partial charge < -0.3 is 19.7 Å². The monoisotopic (exact) mass is 370 g/mol. The van der Waals surface area contributed by atoms with E-state index in [1.54, 1.807) is 29.2 Å². The van der Waals surface area contributed by atoms with Crippen LogP contribution in [0.5, 0.6) is 11.6 Å². The second kappa shape index (κ2) is 8.48. The van der Waals surface area contributed by atoms with Gasteiger partial charge in [0.1, 0.15) is 12.1 Å². The summed E-state index contributed by atoms with van der Waals surface area (Å²) in [7, 11) is 1.54. The second-order valence-corrected chi connectivity index (χ2v) is 6.02. The molecule has 8 heteroatoms. The summed E-state index contributed by atoms with van der Waals surface area (Å²) in [6, 6.07) is 6.78. The van der Waals surface area contributed by atoms with Gasteiger partial charge in [0.25, 0.3) is 5.91 Å². The van der Waals surface area contributed by atoms with Gasteiger partial charge in [0, 0.05) is 18.5 Å². The van der Waals surface area contributed by atoms with Crippen molar-refractivity contribution >= 4 is 11.8 Å². The molecule has 3 rings (SSSR count). The lowest BCUT2D eigenvalue weighted by Gasteiger charge is -2.29. The number of hydrogen-bond donors (Lipinski definition) is 1. The molecule has 0 bridgehead atoms. The van der Waals surface area contributed by atoms with Crippen LogP contribution >= 0.6 is 0 Å². The molecule has 0 atom stereocenters. The minimum atomic E-state index is -0.321. The highest BCUT2D eigenvalue weighted by atomic mass is 16.5. The van der Waals surface area contributed by atoms with E-state index in [4.69, 9.17) is 9.47 Å². The minimum Gasteiger partial charge on any atom is -0.497 e. The molecule has 0 fully saturated rings. The summed E-state index contributed by atoms with van der Waals surface area (Å²) in [4.78, 5) is 34.9. The van der Waals surface area contributed by atoms with Crippen molar-refractivity contribution in [1.82, 2.24) is 20.2 Å². The highest BCUT2D eigenvalue weighted by molar-refractivity contribution is 5.96. The third-order valence-corrected chi connectivity index (χ3v) is 4.33. The van der Waals surface area contributed by atoms with Gasteiger partial charge in [-0.3, -0.25) is 9.59 Å². The zero-order chi connectivity index (χ0) is 19.2. The molecule has 27 heavy (non-hydrogen) atoms. The van der Waals surface area contributed by atoms with Gasteiger partial charge in [-0.25, -0.2) is 9.97 Å². The number of carbonyl (C=O) groups excluding carboxylic acids is 2. The van der Waals surface area contributed by atoms with Crippen LogP contribution in [0.2, 0.25) is 0 Å². The van der Waals surface area contributed by atoms with Gasteiger partial charge in [0.05, 0.1) is 38.1 Å². The molecule has 1 N–H and O–H groups in total. The summed E-state index contributed by atoms with van der Waals surface area (Å²) in [6.45, 7) is 3.22. The molecule has 1 aromatic heterocycles. The molecular weight excluding hydrogens is 348 g/mol. The van der Waals surface area contributed by atoms with Gasteiger partial charge in [-0.1, -0.05) is 6.07 Å². The number of benzene rings is 1. The van der Waals surface area contributed by atoms with E-state index in [0.29, 0.717) is 43.3 Å². The number of amides is 2. The Balaban J connectivity index is 1.61. The Morgan fingerprint density at radius 3 is 2.93 bits per heavy atom. The molecule has 142 valence electrons. The van der Waals surface area contributed by atoms with Crippen LogP contribution in [0.1, 0.15) is 28.5 Å². The number of aromatic nitrogens is 2. The number of nitrogens with zero attached hydrogens (tertiary/aromatic N) is 3. The van der Waals surface area contributed by atoms with Crippen molar-refractivity contribution in [3.05, 3.63) is 47.4 Å². The van der Waals surface area contributed by atoms with Crippen LogP contribution in [0.3, 0.4) is 0 Å². The highest BCUT2D eigenvalue weighted by Gasteiger charge is 2.25. The Hall–Kier alpha value is -3.16. The lowest BCUT2D eigenvalue weighted by atomic mass is 10.1. The van der Waals surface area contributed by atoms with Gasteiger partial charge >= 0.3 is 0 Å². The third kappa shape index (κ3) is 4.33. The number of hydrogen-bond acceptors (Lipinski definition) is 6. The van der Waals surface area contributed by atoms with Crippen molar-refractivity contribution in [3.63, 3.8) is 0 Å². The van der Waals surface area contributed by atoms with Gasteiger partial charge in [-0.15, -0.1) is 0 Å². The summed E-state index contributed by atoms with van der Waals surface area (Å²) in [5.74, 6) is 0.617. The number of ether oxygens (including phenoxy) is 2. The van der Waals surface area contributed by atoms with Crippen LogP contribution in [-0.2, 0) is 17.8 Å². The van der Waals surface area contributed by atoms with Crippen LogP contribution in [0.15, 0.2) is 30.6 Å². The number of fused-ring (bicyclic) bond motifs is 1. The molecule has 2 amide bonds. The number of methoxy groups -OCH3 is 1. The zero-order valence-electron chi connectivity index (χ0n) is 15.4. The van der Waals surface area contributed by atoms with E-state index in [9.17, 15) is 9.59 Å². The first kappa shape index (κ1) is 18.6. The maximum absolute atomic E-state index is 12.5. The van der Waals surface area contributed by atoms with Crippen molar-refractivity contribution in [2.24, 2.45) is 0 Å². The fraction of sp³-hybridized carbons (Fsp3) is 0.368. The first-order valence-electron chi connectivity index (χ1n) is 8.78. The summed E-state index contributed by atoms with van der Waals surface area (Å²) in [5, 5.41) is 2.66. The summed E-state index contributed by atoms with van der Waals surface area (Å²) in [6.07, 6.45) is 2.11. The fourth-order valence-corrected chi connectivity index (χ4v) is 2.92. The molecule has 1 aliphatic heterocycles. The van der Waals surface area contributed by atoms with Gasteiger partial charge in [-0.2, -0.15) is 0 Å². The molecule has 0 unspecified atom stereocenters. The molecule has 2 heterocycles. The maximum atomic E-state index is 12.5. The first-order chi connectivity index (χ1) is 13.1. The second-order valence-electron chi connectivity index (χ2n) is 6.02. The quantitative estimate of drug-likeness (QED) is 0.821. The predicted molar refractivity (Wildman–Crippen MR) is 97.6 cm³/mol. The number of carbonyl (C=O) groups is 2. The molecule has 1 aliphatic rings. The topological polar surface area (TPSA) is 93.7 Å². The van der Waals surface area contributed by atoms with E-state index in [2.05, 4.69) is 15.3 Å². The average Bonchev–Trinajstić information content (AvgIpc) is 2.72. The van der Waals surface area contributed by atoms with Gasteiger partial charge in [0.15, 0.2) is 0 Å². The summed E-state index contributed by atoms with van der Waals surface area (Å²) in [5.41, 5.74) is 2.18. The molecule has 1 aromatic carbocycles. The van der Waals surface area contributed by atoms with E-state index in [-0.39, 0.29) is 18.4 Å². The normalized spacial score (nSPS) is 12.9. The lowest BCUT2D eigenvalue weighted by Crippen LogP contribution is -2.43. The lowest BCUT2D eigenvalue weighted by molar-refractivity contribution is -0.131. The van der Waals surface area contributed by atoms with Crippen LogP contribution in [0.4, 0.5) is 0 Å². The van der Waals surface area contributed by atoms with Crippen LogP contribution in [0, 0.1) is 0 Å². The average molecular weight is 370 g/mol. The van der Waals surface area contributed by atoms with Gasteiger partial charge in [-0.05, 0) is 25.1 Å². The Bertz CT molecular complexity index is 840. The SMILES string of the molecule is CCOc1ncnc2c1CN(C(=O)CNC(=O)c1cccc(OC)c1)CC2.